The van der Waals surface area contributed by atoms with Crippen molar-refractivity contribution in [1.29, 1.82) is 0 Å². The highest BCUT2D eigenvalue weighted by atomic mass is 35.6. The molecule has 11 heteroatoms. The molecule has 2 rings (SSSR count). The lowest BCUT2D eigenvalue weighted by Gasteiger charge is -2.28. The summed E-state index contributed by atoms with van der Waals surface area (Å²) in [5.74, 6) is -1.77. The Labute approximate surface area is 212 Å². The molecule has 0 radical (unpaired) electrons. The maximum Gasteiger partial charge on any atom is 0.341 e. The van der Waals surface area contributed by atoms with Gasteiger partial charge < -0.3 is 20.7 Å². The third-order valence-corrected chi connectivity index (χ3v) is 6.52. The predicted octanol–water partition coefficient (Wildman–Crippen LogP) is 5.67. The third-order valence-electron chi connectivity index (χ3n) is 4.64. The number of nitrogens with one attached hydrogen (secondary N) is 3. The van der Waals surface area contributed by atoms with Crippen molar-refractivity contribution in [2.45, 2.75) is 44.6 Å². The lowest BCUT2D eigenvalue weighted by molar-refractivity contribution is -0.124. The van der Waals surface area contributed by atoms with Gasteiger partial charge in [0.1, 0.15) is 11.2 Å². The van der Waals surface area contributed by atoms with Crippen LogP contribution in [0.2, 0.25) is 0 Å². The highest BCUT2D eigenvalue weighted by Gasteiger charge is 2.37. The average molecular weight is 535 g/mol. The van der Waals surface area contributed by atoms with E-state index in [2.05, 4.69) is 16.0 Å². The molecule has 180 valence electrons. The second-order valence-corrected chi connectivity index (χ2v) is 10.9. The van der Waals surface area contributed by atoms with Crippen LogP contribution in [0.3, 0.4) is 0 Å². The number of para-hydroxylation sites is 1. The van der Waals surface area contributed by atoms with Crippen LogP contribution in [-0.4, -0.2) is 34.3 Å². The van der Waals surface area contributed by atoms with Gasteiger partial charge in [-0.3, -0.25) is 9.59 Å². The minimum Gasteiger partial charge on any atom is -0.462 e. The summed E-state index contributed by atoms with van der Waals surface area (Å²) in [7, 11) is 0. The molecule has 7 nitrogen and oxygen atoms in total. The van der Waals surface area contributed by atoms with E-state index >= 15 is 0 Å². The number of rotatable bonds is 8. The van der Waals surface area contributed by atoms with Crippen molar-refractivity contribution >= 4 is 74.6 Å². The molecule has 0 aliphatic rings. The Morgan fingerprint density at radius 3 is 2.30 bits per heavy atom. The Balaban J connectivity index is 2.47. The molecule has 33 heavy (non-hydrogen) atoms. The van der Waals surface area contributed by atoms with Crippen molar-refractivity contribution in [3.8, 4) is 0 Å². The van der Waals surface area contributed by atoms with Gasteiger partial charge in [-0.1, -0.05) is 66.8 Å². The molecule has 0 bridgehead atoms. The van der Waals surface area contributed by atoms with E-state index in [1.807, 2.05) is 25.1 Å². The first-order valence-corrected chi connectivity index (χ1v) is 12.1. The number of carbonyl (C=O) groups excluding carboxylic acids is 3. The number of benzene rings is 1. The molecule has 1 atom stereocenters. The van der Waals surface area contributed by atoms with Crippen molar-refractivity contribution in [2.75, 3.05) is 17.2 Å². The standard InChI is InChI=1S/C22H26Cl3N3O4S/c1-6-32-20(31)15-13(5)16(18(30)26-14-10-8-7-9-12(14)4)33-19(15)28-21(22(23,24)25)27-17(29)11(2)3/h7-11,21,28H,6H2,1-5H3,(H,26,30)(H,27,29). The fourth-order valence-electron chi connectivity index (χ4n) is 2.81. The molecule has 0 aliphatic carbocycles. The van der Waals surface area contributed by atoms with Crippen LogP contribution < -0.4 is 16.0 Å². The molecule has 1 unspecified atom stereocenters. The maximum atomic E-state index is 13.1. The van der Waals surface area contributed by atoms with Crippen LogP contribution in [0.5, 0.6) is 0 Å². The smallest absolute Gasteiger partial charge is 0.341 e. The minimum absolute atomic E-state index is 0.134. The quantitative estimate of drug-likeness (QED) is 0.230. The molecule has 0 aliphatic heterocycles. The number of hydrogen-bond acceptors (Lipinski definition) is 6. The second-order valence-electron chi connectivity index (χ2n) is 7.53. The van der Waals surface area contributed by atoms with E-state index in [4.69, 9.17) is 39.5 Å². The maximum absolute atomic E-state index is 13.1. The van der Waals surface area contributed by atoms with E-state index in [-0.39, 0.29) is 33.9 Å². The van der Waals surface area contributed by atoms with E-state index in [1.54, 1.807) is 33.8 Å². The van der Waals surface area contributed by atoms with E-state index in [1.165, 1.54) is 0 Å². The van der Waals surface area contributed by atoms with Gasteiger partial charge in [0.25, 0.3) is 5.91 Å². The zero-order valence-corrected chi connectivity index (χ0v) is 21.9. The first-order valence-electron chi connectivity index (χ1n) is 10.2. The van der Waals surface area contributed by atoms with Crippen LogP contribution >= 0.6 is 46.1 Å². The Bertz CT molecular complexity index is 1030. The van der Waals surface area contributed by atoms with Gasteiger partial charge in [0.05, 0.1) is 17.0 Å². The van der Waals surface area contributed by atoms with Crippen LogP contribution in [0.25, 0.3) is 0 Å². The molecular weight excluding hydrogens is 509 g/mol. The highest BCUT2D eigenvalue weighted by Crippen LogP contribution is 2.38. The van der Waals surface area contributed by atoms with Gasteiger partial charge in [-0.05, 0) is 38.0 Å². The Morgan fingerprint density at radius 2 is 1.76 bits per heavy atom. The first-order chi connectivity index (χ1) is 15.4. The number of alkyl halides is 3. The number of aryl methyl sites for hydroxylation is 1. The van der Waals surface area contributed by atoms with Gasteiger partial charge >= 0.3 is 5.97 Å². The van der Waals surface area contributed by atoms with Gasteiger partial charge in [0.2, 0.25) is 9.70 Å². The number of halogens is 3. The average Bonchev–Trinajstić information content (AvgIpc) is 3.04. The molecule has 2 aromatic rings. The number of carbonyl (C=O) groups is 3. The molecular formula is C22H26Cl3N3O4S. The van der Waals surface area contributed by atoms with Crippen molar-refractivity contribution < 1.29 is 19.1 Å². The number of hydrogen-bond donors (Lipinski definition) is 3. The summed E-state index contributed by atoms with van der Waals surface area (Å²) in [5.41, 5.74) is 2.07. The Morgan fingerprint density at radius 1 is 1.12 bits per heavy atom. The van der Waals surface area contributed by atoms with Crippen LogP contribution in [0, 0.1) is 19.8 Å². The molecule has 0 fully saturated rings. The van der Waals surface area contributed by atoms with E-state index in [0.717, 1.165) is 16.9 Å². The van der Waals surface area contributed by atoms with Crippen LogP contribution in [0.1, 0.15) is 51.9 Å². The largest absolute Gasteiger partial charge is 0.462 e. The molecule has 0 saturated carbocycles. The minimum atomic E-state index is -1.95. The van der Waals surface area contributed by atoms with E-state index < -0.39 is 21.8 Å². The van der Waals surface area contributed by atoms with Crippen molar-refractivity contribution in [1.82, 2.24) is 5.32 Å². The van der Waals surface area contributed by atoms with Gasteiger partial charge in [-0.15, -0.1) is 11.3 Å². The van der Waals surface area contributed by atoms with Crippen molar-refractivity contribution in [2.24, 2.45) is 5.92 Å². The summed E-state index contributed by atoms with van der Waals surface area (Å²) in [6, 6.07) is 7.33. The van der Waals surface area contributed by atoms with Crippen molar-refractivity contribution in [3.63, 3.8) is 0 Å². The monoisotopic (exact) mass is 533 g/mol. The summed E-state index contributed by atoms with van der Waals surface area (Å²) < 4.78 is 3.23. The second kappa shape index (κ2) is 11.4. The predicted molar refractivity (Wildman–Crippen MR) is 135 cm³/mol. The SMILES string of the molecule is CCOC(=O)c1c(NC(NC(=O)C(C)C)C(Cl)(Cl)Cl)sc(C(=O)Nc2ccccc2C)c1C. The number of thiophene rings is 1. The normalized spacial score (nSPS) is 12.3. The van der Waals surface area contributed by atoms with E-state index in [9.17, 15) is 14.4 Å². The van der Waals surface area contributed by atoms with Crippen LogP contribution in [0.15, 0.2) is 24.3 Å². The van der Waals surface area contributed by atoms with Crippen LogP contribution in [-0.2, 0) is 9.53 Å². The number of ether oxygens (including phenoxy) is 1. The summed E-state index contributed by atoms with van der Waals surface area (Å²) in [6.45, 7) is 8.70. The summed E-state index contributed by atoms with van der Waals surface area (Å²) >= 11 is 19.3. The van der Waals surface area contributed by atoms with E-state index in [0.29, 0.717) is 11.3 Å². The highest BCUT2D eigenvalue weighted by molar-refractivity contribution is 7.18. The first kappa shape index (κ1) is 27.2. The molecule has 3 N–H and O–H groups in total. The van der Waals surface area contributed by atoms with Gasteiger partial charge in [-0.2, -0.15) is 0 Å². The van der Waals surface area contributed by atoms with Gasteiger partial charge in [0.15, 0.2) is 0 Å². The molecule has 1 aromatic carbocycles. The third kappa shape index (κ3) is 6.99. The summed E-state index contributed by atoms with van der Waals surface area (Å²) in [4.78, 5) is 38.3. The zero-order valence-electron chi connectivity index (χ0n) is 18.8. The number of amides is 2. The molecule has 2 amide bonds. The molecule has 1 aromatic heterocycles. The number of anilines is 2. The Kier molecular flexibility index (Phi) is 9.43. The van der Waals surface area contributed by atoms with Crippen molar-refractivity contribution in [3.05, 3.63) is 45.8 Å². The topological polar surface area (TPSA) is 96.5 Å². The fraction of sp³-hybridized carbons (Fsp3) is 0.409. The van der Waals surface area contributed by atoms with Crippen LogP contribution in [0.4, 0.5) is 10.7 Å². The number of esters is 1. The molecule has 0 spiro atoms. The van der Waals surface area contributed by atoms with Gasteiger partial charge in [0, 0.05) is 11.6 Å². The zero-order chi connectivity index (χ0) is 24.9. The lowest BCUT2D eigenvalue weighted by Crippen LogP contribution is -2.50. The summed E-state index contributed by atoms with van der Waals surface area (Å²) in [5, 5.41) is 8.62. The fourth-order valence-corrected chi connectivity index (χ4v) is 4.26. The Hall–Kier alpha value is -2.00. The molecule has 1 heterocycles. The lowest BCUT2D eigenvalue weighted by atomic mass is 10.1. The summed E-state index contributed by atoms with van der Waals surface area (Å²) in [6.07, 6.45) is -1.17. The molecule has 0 saturated heterocycles. The van der Waals surface area contributed by atoms with Gasteiger partial charge in [-0.25, -0.2) is 4.79 Å².